The third-order valence-electron chi connectivity index (χ3n) is 4.42. The summed E-state index contributed by atoms with van der Waals surface area (Å²) in [7, 11) is 3.46. The van der Waals surface area contributed by atoms with Crippen LogP contribution in [0.25, 0.3) is 10.9 Å². The summed E-state index contributed by atoms with van der Waals surface area (Å²) in [5.41, 5.74) is 3.66. The van der Waals surface area contributed by atoms with Gasteiger partial charge in [-0.15, -0.1) is 0 Å². The molecule has 0 aliphatic carbocycles. The molecule has 0 saturated heterocycles. The molecule has 106 valence electrons. The first-order valence-electron chi connectivity index (χ1n) is 7.06. The maximum absolute atomic E-state index is 12.0. The lowest BCUT2D eigenvalue weighted by Gasteiger charge is -2.37. The number of carbonyl (C=O) groups excluding carboxylic acids is 1. The number of aromatic amines is 1. The molecule has 2 heterocycles. The molecule has 3 rings (SSSR count). The number of aromatic nitrogens is 1. The predicted molar refractivity (Wildman–Crippen MR) is 78.6 cm³/mol. The van der Waals surface area contributed by atoms with E-state index in [4.69, 9.17) is 4.74 Å². The van der Waals surface area contributed by atoms with Crippen molar-refractivity contribution < 1.29 is 9.53 Å². The number of nitrogens with zero attached hydrogens (tertiary/aromatic N) is 1. The topological polar surface area (TPSA) is 45.3 Å². The molecule has 0 spiro atoms. The van der Waals surface area contributed by atoms with E-state index in [0.29, 0.717) is 6.42 Å². The molecule has 4 nitrogen and oxygen atoms in total. The molecule has 0 fully saturated rings. The maximum atomic E-state index is 12.0. The Labute approximate surface area is 118 Å². The summed E-state index contributed by atoms with van der Waals surface area (Å²) >= 11 is 0. The molecule has 1 aliphatic rings. The van der Waals surface area contributed by atoms with E-state index >= 15 is 0 Å². The van der Waals surface area contributed by atoms with Crippen molar-refractivity contribution in [3.63, 3.8) is 0 Å². The number of fused-ring (bicyclic) bond motifs is 3. The molecule has 0 radical (unpaired) electrons. The minimum atomic E-state index is -0.198. The van der Waals surface area contributed by atoms with Gasteiger partial charge in [-0.05, 0) is 25.1 Å². The zero-order valence-electron chi connectivity index (χ0n) is 12.1. The van der Waals surface area contributed by atoms with Crippen LogP contribution >= 0.6 is 0 Å². The van der Waals surface area contributed by atoms with E-state index in [0.717, 1.165) is 11.9 Å². The fourth-order valence-corrected chi connectivity index (χ4v) is 3.36. The van der Waals surface area contributed by atoms with Crippen LogP contribution in [0.2, 0.25) is 0 Å². The monoisotopic (exact) mass is 272 g/mol. The van der Waals surface area contributed by atoms with Crippen molar-refractivity contribution in [3.8, 4) is 0 Å². The molecule has 20 heavy (non-hydrogen) atoms. The van der Waals surface area contributed by atoms with Gasteiger partial charge < -0.3 is 9.72 Å². The zero-order valence-corrected chi connectivity index (χ0v) is 12.1. The smallest absolute Gasteiger partial charge is 0.323 e. The summed E-state index contributed by atoms with van der Waals surface area (Å²) in [6.07, 6.45) is 1.67. The number of benzene rings is 1. The fraction of sp³-hybridized carbons (Fsp3) is 0.438. The van der Waals surface area contributed by atoms with E-state index < -0.39 is 0 Å². The highest BCUT2D eigenvalue weighted by atomic mass is 16.5. The minimum absolute atomic E-state index is 0.151. The molecule has 0 bridgehead atoms. The van der Waals surface area contributed by atoms with Gasteiger partial charge in [0.2, 0.25) is 0 Å². The SMILES string of the molecule is CC[C@@H]1c2[nH]c3ccccc3c2C[C@@H](C(=O)OC)N1C. The van der Waals surface area contributed by atoms with Gasteiger partial charge in [0.15, 0.2) is 0 Å². The highest BCUT2D eigenvalue weighted by molar-refractivity contribution is 5.87. The number of nitrogens with one attached hydrogen (secondary N) is 1. The average molecular weight is 272 g/mol. The van der Waals surface area contributed by atoms with Crippen molar-refractivity contribution in [2.45, 2.75) is 31.8 Å². The van der Waals surface area contributed by atoms with E-state index in [1.165, 1.54) is 23.8 Å². The van der Waals surface area contributed by atoms with Crippen LogP contribution in [0.15, 0.2) is 24.3 Å². The number of para-hydroxylation sites is 1. The molecule has 2 atom stereocenters. The molecule has 2 aromatic rings. The van der Waals surface area contributed by atoms with Gasteiger partial charge in [-0.3, -0.25) is 9.69 Å². The first-order valence-corrected chi connectivity index (χ1v) is 7.06. The van der Waals surface area contributed by atoms with Crippen molar-refractivity contribution in [2.75, 3.05) is 14.2 Å². The predicted octanol–water partition coefficient (Wildman–Crippen LogP) is 2.65. The Morgan fingerprint density at radius 3 is 2.90 bits per heavy atom. The van der Waals surface area contributed by atoms with Crippen molar-refractivity contribution in [2.24, 2.45) is 0 Å². The second kappa shape index (κ2) is 4.94. The minimum Gasteiger partial charge on any atom is -0.468 e. The standard InChI is InChI=1S/C16H20N2O2/c1-4-13-15-11(9-14(18(13)2)16(19)20-3)10-7-5-6-8-12(10)17-15/h5-8,13-14,17H,4,9H2,1-3H3/t13-,14+/m1/s1. The van der Waals surface area contributed by atoms with Crippen LogP contribution in [-0.2, 0) is 16.0 Å². The van der Waals surface area contributed by atoms with E-state index in [1.54, 1.807) is 0 Å². The van der Waals surface area contributed by atoms with Crippen molar-refractivity contribution in [1.82, 2.24) is 9.88 Å². The normalized spacial score (nSPS) is 22.8. The van der Waals surface area contributed by atoms with Crippen LogP contribution < -0.4 is 0 Å². The van der Waals surface area contributed by atoms with E-state index in [1.807, 2.05) is 19.2 Å². The maximum Gasteiger partial charge on any atom is 0.323 e. The summed E-state index contributed by atoms with van der Waals surface area (Å²) in [4.78, 5) is 17.7. The Balaban J connectivity index is 2.14. The Morgan fingerprint density at radius 1 is 1.45 bits per heavy atom. The van der Waals surface area contributed by atoms with E-state index in [2.05, 4.69) is 28.9 Å². The van der Waals surface area contributed by atoms with Crippen LogP contribution in [0, 0.1) is 0 Å². The molecular weight excluding hydrogens is 252 g/mol. The van der Waals surface area contributed by atoms with Gasteiger partial charge in [-0.1, -0.05) is 25.1 Å². The number of hydrogen-bond donors (Lipinski definition) is 1. The lowest BCUT2D eigenvalue weighted by atomic mass is 9.91. The molecular formula is C16H20N2O2. The van der Waals surface area contributed by atoms with Crippen molar-refractivity contribution in [1.29, 1.82) is 0 Å². The van der Waals surface area contributed by atoms with Crippen molar-refractivity contribution >= 4 is 16.9 Å². The number of H-pyrrole nitrogens is 1. The first kappa shape index (κ1) is 13.2. The lowest BCUT2D eigenvalue weighted by Crippen LogP contribution is -2.46. The number of methoxy groups -OCH3 is 1. The van der Waals surface area contributed by atoms with E-state index in [-0.39, 0.29) is 18.1 Å². The largest absolute Gasteiger partial charge is 0.468 e. The molecule has 1 N–H and O–H groups in total. The molecule has 0 saturated carbocycles. The van der Waals surface area contributed by atoms with Crippen molar-refractivity contribution in [3.05, 3.63) is 35.5 Å². The summed E-state index contributed by atoms with van der Waals surface area (Å²) in [6, 6.07) is 8.33. The lowest BCUT2D eigenvalue weighted by molar-refractivity contribution is -0.147. The highest BCUT2D eigenvalue weighted by Crippen LogP contribution is 2.37. The third-order valence-corrected chi connectivity index (χ3v) is 4.42. The first-order chi connectivity index (χ1) is 9.67. The summed E-state index contributed by atoms with van der Waals surface area (Å²) in [6.45, 7) is 2.15. The van der Waals surface area contributed by atoms with Gasteiger partial charge in [0.05, 0.1) is 13.2 Å². The Kier molecular flexibility index (Phi) is 3.26. The molecule has 1 aromatic carbocycles. The van der Waals surface area contributed by atoms with Gasteiger partial charge in [-0.25, -0.2) is 0 Å². The van der Waals surface area contributed by atoms with Crippen LogP contribution in [0.4, 0.5) is 0 Å². The van der Waals surface area contributed by atoms with Crippen LogP contribution in [0.1, 0.15) is 30.6 Å². The molecule has 0 unspecified atom stereocenters. The number of ether oxygens (including phenoxy) is 1. The quantitative estimate of drug-likeness (QED) is 0.855. The Hall–Kier alpha value is -1.81. The summed E-state index contributed by atoms with van der Waals surface area (Å²) < 4.78 is 4.97. The Morgan fingerprint density at radius 2 is 2.20 bits per heavy atom. The number of rotatable bonds is 2. The molecule has 4 heteroatoms. The number of hydrogen-bond acceptors (Lipinski definition) is 3. The second-order valence-corrected chi connectivity index (χ2v) is 5.40. The summed E-state index contributed by atoms with van der Waals surface area (Å²) in [5, 5.41) is 1.22. The van der Waals surface area contributed by atoms with Gasteiger partial charge >= 0.3 is 5.97 Å². The van der Waals surface area contributed by atoms with Crippen LogP contribution in [-0.4, -0.2) is 36.1 Å². The number of likely N-dealkylation sites (N-methyl/N-ethyl adjacent to an activating group) is 1. The molecule has 1 aliphatic heterocycles. The second-order valence-electron chi connectivity index (χ2n) is 5.40. The third kappa shape index (κ3) is 1.83. The van der Waals surface area contributed by atoms with E-state index in [9.17, 15) is 4.79 Å². The van der Waals surface area contributed by atoms with Gasteiger partial charge in [-0.2, -0.15) is 0 Å². The average Bonchev–Trinajstić information content (AvgIpc) is 2.84. The summed E-state index contributed by atoms with van der Waals surface area (Å²) in [5.74, 6) is -0.151. The number of carbonyl (C=O) groups is 1. The molecule has 1 aromatic heterocycles. The Bertz CT molecular complexity index is 647. The molecule has 0 amide bonds. The van der Waals surface area contributed by atoms with Crippen LogP contribution in [0.3, 0.4) is 0 Å². The van der Waals surface area contributed by atoms with Gasteiger partial charge in [0, 0.05) is 23.0 Å². The highest BCUT2D eigenvalue weighted by Gasteiger charge is 2.37. The number of esters is 1. The fourth-order valence-electron chi connectivity index (χ4n) is 3.36. The van der Waals surface area contributed by atoms with Gasteiger partial charge in [0.1, 0.15) is 6.04 Å². The zero-order chi connectivity index (χ0) is 14.3. The van der Waals surface area contributed by atoms with Crippen LogP contribution in [0.5, 0.6) is 0 Å². The van der Waals surface area contributed by atoms with Gasteiger partial charge in [0.25, 0.3) is 0 Å².